The molecule has 3 rings (SSSR count). The van der Waals surface area contributed by atoms with Crippen molar-refractivity contribution in [3.8, 4) is 24.0 Å². The van der Waals surface area contributed by atoms with Crippen LogP contribution in [0.15, 0.2) is 35.9 Å². The molecule has 0 heterocycles. The van der Waals surface area contributed by atoms with Crippen molar-refractivity contribution in [2.75, 3.05) is 7.11 Å². The van der Waals surface area contributed by atoms with Crippen molar-refractivity contribution >= 4 is 5.71 Å². The number of methoxy groups -OCH3 is 1. The van der Waals surface area contributed by atoms with Crippen molar-refractivity contribution in [2.24, 2.45) is 17.3 Å². The maximum absolute atomic E-state index is 9.90. The quantitative estimate of drug-likeness (QED) is 0.834. The molecule has 1 aromatic rings. The highest BCUT2D eigenvalue weighted by molar-refractivity contribution is 6.00. The minimum absolute atomic E-state index is 0.0843. The van der Waals surface area contributed by atoms with Crippen LogP contribution in [0.2, 0.25) is 0 Å². The second-order valence-electron chi connectivity index (χ2n) is 6.50. The smallest absolute Gasteiger partial charge is 0.189 e. The maximum Gasteiger partial charge on any atom is 0.189 e. The van der Waals surface area contributed by atoms with Crippen molar-refractivity contribution in [1.82, 2.24) is 0 Å². The molecule has 0 unspecified atom stereocenters. The van der Waals surface area contributed by atoms with E-state index in [2.05, 4.69) is 18.2 Å². The van der Waals surface area contributed by atoms with Crippen molar-refractivity contribution in [2.45, 2.75) is 25.2 Å². The van der Waals surface area contributed by atoms with Crippen LogP contribution in [0, 0.1) is 56.7 Å². The molecule has 25 heavy (non-hydrogen) atoms. The highest BCUT2D eigenvalue weighted by Gasteiger charge is 2.57. The first-order valence-electron chi connectivity index (χ1n) is 8.28. The number of nitriles is 3. The van der Waals surface area contributed by atoms with Gasteiger partial charge in [-0.1, -0.05) is 18.2 Å². The molecule has 1 fully saturated rings. The minimum atomic E-state index is -1.63. The van der Waals surface area contributed by atoms with Crippen LogP contribution in [0.3, 0.4) is 0 Å². The summed E-state index contributed by atoms with van der Waals surface area (Å²) < 4.78 is 5.30. The zero-order chi connectivity index (χ0) is 18.0. The minimum Gasteiger partial charge on any atom is -0.497 e. The Morgan fingerprint density at radius 3 is 2.64 bits per heavy atom. The predicted octanol–water partition coefficient (Wildman–Crippen LogP) is 3.71. The van der Waals surface area contributed by atoms with Gasteiger partial charge < -0.3 is 10.1 Å². The molecule has 5 nitrogen and oxygen atoms in total. The van der Waals surface area contributed by atoms with Crippen molar-refractivity contribution in [3.05, 3.63) is 41.5 Å². The monoisotopic (exact) mass is 330 g/mol. The van der Waals surface area contributed by atoms with Crippen LogP contribution in [-0.2, 0) is 0 Å². The van der Waals surface area contributed by atoms with Gasteiger partial charge in [0.1, 0.15) is 11.7 Å². The lowest BCUT2D eigenvalue weighted by molar-refractivity contribution is 0.319. The molecule has 0 spiro atoms. The van der Waals surface area contributed by atoms with Crippen molar-refractivity contribution in [1.29, 1.82) is 21.2 Å². The molecule has 2 aliphatic carbocycles. The van der Waals surface area contributed by atoms with Crippen molar-refractivity contribution in [3.63, 3.8) is 0 Å². The van der Waals surface area contributed by atoms with E-state index in [1.54, 1.807) is 7.11 Å². The summed E-state index contributed by atoms with van der Waals surface area (Å²) in [4.78, 5) is 0. The van der Waals surface area contributed by atoms with Gasteiger partial charge in [0.25, 0.3) is 0 Å². The molecule has 2 aliphatic rings. The van der Waals surface area contributed by atoms with E-state index in [-0.39, 0.29) is 11.6 Å². The average molecular weight is 330 g/mol. The van der Waals surface area contributed by atoms with Gasteiger partial charge in [-0.2, -0.15) is 15.8 Å². The summed E-state index contributed by atoms with van der Waals surface area (Å²) in [6.07, 6.45) is 4.66. The number of hydrogen-bond donors (Lipinski definition) is 1. The number of nitrogens with one attached hydrogen (secondary N) is 1. The number of nitrogens with zero attached hydrogens (tertiary/aromatic N) is 3. The fourth-order valence-corrected chi connectivity index (χ4v) is 4.22. The highest BCUT2D eigenvalue weighted by atomic mass is 16.5. The third-order valence-electron chi connectivity index (χ3n) is 5.38. The first-order chi connectivity index (χ1) is 12.1. The molecule has 0 aliphatic heterocycles. The Morgan fingerprint density at radius 2 is 2.00 bits per heavy atom. The first-order valence-corrected chi connectivity index (χ1v) is 8.28. The Morgan fingerprint density at radius 1 is 1.24 bits per heavy atom. The van der Waals surface area contributed by atoms with Crippen LogP contribution < -0.4 is 4.74 Å². The standard InChI is InChI=1S/C20H18N4O/c1-25-14-6-4-5-13(9-14)18-16-8-3-2-7-15(16)17(10-21)19(24)20(18,11-22)12-23/h4-7,9,16-18,24H,2-3,8H2,1H3/t16-,17+,18-/m0/s1. The second kappa shape index (κ2) is 6.42. The van der Waals surface area contributed by atoms with Gasteiger partial charge in [0.2, 0.25) is 0 Å². The molecule has 0 radical (unpaired) electrons. The number of benzene rings is 1. The van der Waals surface area contributed by atoms with Crippen LogP contribution >= 0.6 is 0 Å². The maximum atomic E-state index is 9.90. The van der Waals surface area contributed by atoms with E-state index in [0.29, 0.717) is 5.75 Å². The molecule has 0 bridgehead atoms. The van der Waals surface area contributed by atoms with E-state index in [4.69, 9.17) is 10.1 Å². The Hall–Kier alpha value is -3.10. The van der Waals surface area contributed by atoms with Gasteiger partial charge in [-0.05, 0) is 48.4 Å². The van der Waals surface area contributed by atoms with Gasteiger partial charge in [-0.25, -0.2) is 0 Å². The molecule has 0 amide bonds. The number of allylic oxidation sites excluding steroid dienone is 2. The molecule has 1 saturated carbocycles. The summed E-state index contributed by atoms with van der Waals surface area (Å²) in [5.74, 6) is -0.691. The normalized spacial score (nSPS) is 27.0. The first kappa shape index (κ1) is 16.7. The summed E-state index contributed by atoms with van der Waals surface area (Å²) in [5.41, 5.74) is -0.0298. The van der Waals surface area contributed by atoms with E-state index in [1.165, 1.54) is 0 Å². The summed E-state index contributed by atoms with van der Waals surface area (Å²) in [6.45, 7) is 0. The largest absolute Gasteiger partial charge is 0.497 e. The molecule has 1 N–H and O–H groups in total. The van der Waals surface area contributed by atoms with Crippen LogP contribution in [0.5, 0.6) is 5.75 Å². The number of rotatable bonds is 2. The van der Waals surface area contributed by atoms with Gasteiger partial charge in [-0.3, -0.25) is 0 Å². The number of fused-ring (bicyclic) bond motifs is 1. The lowest BCUT2D eigenvalue weighted by atomic mass is 9.53. The zero-order valence-corrected chi connectivity index (χ0v) is 14.0. The SMILES string of the molecule is COc1cccc([C@H]2[C@H]3CCCC=C3[C@@H](C#N)C(=N)C2(C#N)C#N)c1. The molecular weight excluding hydrogens is 312 g/mol. The topological polar surface area (TPSA) is 104 Å². The third-order valence-corrected chi connectivity index (χ3v) is 5.38. The van der Waals surface area contributed by atoms with E-state index < -0.39 is 17.3 Å². The Balaban J connectivity index is 2.25. The zero-order valence-electron chi connectivity index (χ0n) is 14.0. The molecule has 3 atom stereocenters. The Bertz CT molecular complexity index is 851. The van der Waals surface area contributed by atoms with Gasteiger partial charge in [0.15, 0.2) is 5.41 Å². The van der Waals surface area contributed by atoms with E-state index in [9.17, 15) is 15.8 Å². The second-order valence-corrected chi connectivity index (χ2v) is 6.50. The summed E-state index contributed by atoms with van der Waals surface area (Å²) in [6, 6.07) is 13.7. The predicted molar refractivity (Wildman–Crippen MR) is 91.6 cm³/mol. The van der Waals surface area contributed by atoms with Crippen LogP contribution in [-0.4, -0.2) is 12.8 Å². The molecule has 5 heteroatoms. The number of hydrogen-bond acceptors (Lipinski definition) is 5. The van der Waals surface area contributed by atoms with Gasteiger partial charge in [0, 0.05) is 5.92 Å². The number of ether oxygens (including phenoxy) is 1. The molecular formula is C20H18N4O. The summed E-state index contributed by atoms with van der Waals surface area (Å²) in [7, 11) is 1.57. The van der Waals surface area contributed by atoms with E-state index in [1.807, 2.05) is 30.3 Å². The van der Waals surface area contributed by atoms with Crippen LogP contribution in [0.4, 0.5) is 0 Å². The third kappa shape index (κ3) is 2.39. The molecule has 0 saturated heterocycles. The average Bonchev–Trinajstić information content (AvgIpc) is 2.67. The fraction of sp³-hybridized carbons (Fsp3) is 0.400. The van der Waals surface area contributed by atoms with Crippen LogP contribution in [0.25, 0.3) is 0 Å². The molecule has 1 aromatic carbocycles. The van der Waals surface area contributed by atoms with E-state index in [0.717, 1.165) is 30.4 Å². The Kier molecular flexibility index (Phi) is 4.30. The molecule has 0 aromatic heterocycles. The van der Waals surface area contributed by atoms with Crippen LogP contribution in [0.1, 0.15) is 30.7 Å². The van der Waals surface area contributed by atoms with Gasteiger partial charge >= 0.3 is 0 Å². The summed E-state index contributed by atoms with van der Waals surface area (Å²) in [5, 5.41) is 37.9. The Labute approximate surface area is 147 Å². The van der Waals surface area contributed by atoms with Gasteiger partial charge in [-0.15, -0.1) is 0 Å². The van der Waals surface area contributed by atoms with Crippen molar-refractivity contribution < 1.29 is 4.74 Å². The van der Waals surface area contributed by atoms with Gasteiger partial charge in [0.05, 0.1) is 31.0 Å². The lowest BCUT2D eigenvalue weighted by Crippen LogP contribution is -2.48. The van der Waals surface area contributed by atoms with E-state index >= 15 is 0 Å². The molecule has 124 valence electrons. The fourth-order valence-electron chi connectivity index (χ4n) is 4.22. The highest BCUT2D eigenvalue weighted by Crippen LogP contribution is 2.55. The summed E-state index contributed by atoms with van der Waals surface area (Å²) >= 11 is 0. The lowest BCUT2D eigenvalue weighted by Gasteiger charge is -2.45.